The van der Waals surface area contributed by atoms with Crippen LogP contribution in [0.25, 0.3) is 16.6 Å². The number of rotatable bonds is 8. The van der Waals surface area contributed by atoms with Crippen LogP contribution in [0.15, 0.2) is 54.9 Å². The molecule has 0 radical (unpaired) electrons. The van der Waals surface area contributed by atoms with E-state index in [9.17, 15) is 13.6 Å². The highest BCUT2D eigenvalue weighted by Gasteiger charge is 2.24. The topological polar surface area (TPSA) is 111 Å². The van der Waals surface area contributed by atoms with Crippen LogP contribution in [0.2, 0.25) is 0 Å². The van der Waals surface area contributed by atoms with Crippen LogP contribution >= 0.6 is 0 Å². The highest BCUT2D eigenvalue weighted by Crippen LogP contribution is 2.31. The number of benzene rings is 2. The number of methoxy groups -OCH3 is 1. The quantitative estimate of drug-likeness (QED) is 0.259. The Morgan fingerprint density at radius 3 is 2.71 bits per heavy atom. The molecule has 0 spiro atoms. The molecule has 9 nitrogen and oxygen atoms in total. The highest BCUT2D eigenvalue weighted by atomic mass is 19.1. The fourth-order valence-corrected chi connectivity index (χ4v) is 5.23. The van der Waals surface area contributed by atoms with Gasteiger partial charge in [0.1, 0.15) is 5.82 Å². The smallest absolute Gasteiger partial charge is 0.219 e. The molecular weight excluding hydrogens is 530 g/mol. The summed E-state index contributed by atoms with van der Waals surface area (Å²) in [6.07, 6.45) is 3.73. The van der Waals surface area contributed by atoms with Crippen LogP contribution < -0.4 is 10.5 Å². The lowest BCUT2D eigenvalue weighted by Gasteiger charge is -2.28. The first-order valence-electron chi connectivity index (χ1n) is 13.2. The number of halogens is 2. The van der Waals surface area contributed by atoms with Crippen LogP contribution in [0, 0.1) is 18.6 Å². The summed E-state index contributed by atoms with van der Waals surface area (Å²) in [6.45, 7) is 5.09. The van der Waals surface area contributed by atoms with Crippen molar-refractivity contribution in [3.05, 3.63) is 94.4 Å². The molecule has 3 aromatic heterocycles. The van der Waals surface area contributed by atoms with Crippen LogP contribution in [0.1, 0.15) is 32.7 Å². The van der Waals surface area contributed by atoms with Crippen molar-refractivity contribution < 1.29 is 23.0 Å². The fourth-order valence-electron chi connectivity index (χ4n) is 5.23. The Kier molecular flexibility index (Phi) is 6.98. The van der Waals surface area contributed by atoms with Crippen molar-refractivity contribution in [1.82, 2.24) is 24.6 Å². The van der Waals surface area contributed by atoms with E-state index in [1.165, 1.54) is 40.3 Å². The number of H-pyrrole nitrogens is 1. The van der Waals surface area contributed by atoms with Crippen LogP contribution in [-0.2, 0) is 17.7 Å². The van der Waals surface area contributed by atoms with Crippen LogP contribution in [0.5, 0.6) is 11.6 Å². The van der Waals surface area contributed by atoms with Crippen molar-refractivity contribution in [3.8, 4) is 17.3 Å². The Morgan fingerprint density at radius 1 is 1.15 bits per heavy atom. The summed E-state index contributed by atoms with van der Waals surface area (Å²) in [5, 5.41) is 5.37. The third-order valence-electron chi connectivity index (χ3n) is 7.40. The Bertz CT molecular complexity index is 1760. The van der Waals surface area contributed by atoms with Gasteiger partial charge in [-0.2, -0.15) is 5.10 Å². The number of aromatic amines is 1. The minimum absolute atomic E-state index is 0.000465. The van der Waals surface area contributed by atoms with Gasteiger partial charge in [-0.1, -0.05) is 12.1 Å². The maximum absolute atomic E-state index is 14.0. The van der Waals surface area contributed by atoms with E-state index in [0.717, 1.165) is 49.1 Å². The molecule has 6 rings (SSSR count). The summed E-state index contributed by atoms with van der Waals surface area (Å²) in [7, 11) is 1.71. The summed E-state index contributed by atoms with van der Waals surface area (Å²) in [6, 6.07) is 11.0. The molecule has 41 heavy (non-hydrogen) atoms. The van der Waals surface area contributed by atoms with Gasteiger partial charge >= 0.3 is 0 Å². The summed E-state index contributed by atoms with van der Waals surface area (Å²) in [4.78, 5) is 23.3. The van der Waals surface area contributed by atoms with E-state index in [1.807, 2.05) is 12.1 Å². The molecule has 0 aliphatic carbocycles. The number of ether oxygens (including phenoxy) is 2. The number of hydrogen-bond donors (Lipinski definition) is 2. The van der Waals surface area contributed by atoms with Gasteiger partial charge in [0.25, 0.3) is 0 Å². The number of nitrogens with one attached hydrogen (secondary N) is 1. The van der Waals surface area contributed by atoms with Gasteiger partial charge in [-0.3, -0.25) is 9.69 Å². The SMILES string of the molecule is COCCN1CCc2c(ccc3[nH]c(C(=O)c4cnn(-c5cnc(Oc6c(F)cccc6F)cc5C)c4N)cc23)C1. The van der Waals surface area contributed by atoms with Gasteiger partial charge in [0.05, 0.1) is 35.9 Å². The predicted molar refractivity (Wildman–Crippen MR) is 150 cm³/mol. The monoisotopic (exact) mass is 558 g/mol. The molecule has 11 heteroatoms. The molecule has 0 saturated heterocycles. The number of nitrogens with zero attached hydrogens (tertiary/aromatic N) is 4. The molecule has 2 aromatic carbocycles. The Morgan fingerprint density at radius 2 is 1.95 bits per heavy atom. The normalized spacial score (nSPS) is 13.5. The predicted octanol–water partition coefficient (Wildman–Crippen LogP) is 4.95. The van der Waals surface area contributed by atoms with E-state index < -0.39 is 17.4 Å². The van der Waals surface area contributed by atoms with E-state index in [-0.39, 0.29) is 23.0 Å². The van der Waals surface area contributed by atoms with E-state index >= 15 is 0 Å². The van der Waals surface area contributed by atoms with E-state index in [1.54, 1.807) is 14.0 Å². The van der Waals surface area contributed by atoms with Crippen molar-refractivity contribution in [3.63, 3.8) is 0 Å². The van der Waals surface area contributed by atoms with Gasteiger partial charge in [-0.05, 0) is 54.3 Å². The average molecular weight is 559 g/mol. The van der Waals surface area contributed by atoms with Crippen molar-refractivity contribution >= 4 is 22.5 Å². The second kappa shape index (κ2) is 10.8. The van der Waals surface area contributed by atoms with Gasteiger partial charge in [-0.25, -0.2) is 18.4 Å². The van der Waals surface area contributed by atoms with Gasteiger partial charge in [0, 0.05) is 43.7 Å². The Balaban J connectivity index is 1.25. The number of carbonyl (C=O) groups excluding carboxylic acids is 1. The maximum atomic E-state index is 14.0. The van der Waals surface area contributed by atoms with E-state index in [0.29, 0.717) is 23.6 Å². The molecule has 1 aliphatic heterocycles. The summed E-state index contributed by atoms with van der Waals surface area (Å²) < 4.78 is 40.0. The number of hydrogen-bond acceptors (Lipinski definition) is 7. The van der Waals surface area contributed by atoms with Crippen LogP contribution in [0.4, 0.5) is 14.6 Å². The van der Waals surface area contributed by atoms with E-state index in [4.69, 9.17) is 15.2 Å². The number of carbonyl (C=O) groups is 1. The second-order valence-corrected chi connectivity index (χ2v) is 10.0. The minimum Gasteiger partial charge on any atom is -0.433 e. The van der Waals surface area contributed by atoms with Gasteiger partial charge in [0.2, 0.25) is 17.4 Å². The molecule has 0 fully saturated rings. The van der Waals surface area contributed by atoms with E-state index in [2.05, 4.69) is 26.0 Å². The van der Waals surface area contributed by atoms with Gasteiger partial charge in [-0.15, -0.1) is 0 Å². The summed E-state index contributed by atoms with van der Waals surface area (Å²) >= 11 is 0. The summed E-state index contributed by atoms with van der Waals surface area (Å²) in [5.74, 6) is -2.36. The third-order valence-corrected chi connectivity index (χ3v) is 7.40. The zero-order valence-corrected chi connectivity index (χ0v) is 22.6. The first-order chi connectivity index (χ1) is 19.8. The first kappa shape index (κ1) is 26.6. The van der Waals surface area contributed by atoms with Crippen LogP contribution in [-0.4, -0.2) is 57.2 Å². The molecule has 3 N–H and O–H groups in total. The largest absolute Gasteiger partial charge is 0.433 e. The average Bonchev–Trinajstić information content (AvgIpc) is 3.57. The number of anilines is 1. The Hall–Kier alpha value is -4.61. The molecule has 5 aromatic rings. The molecule has 0 unspecified atom stereocenters. The van der Waals surface area contributed by atoms with Gasteiger partial charge in [0.15, 0.2) is 11.6 Å². The summed E-state index contributed by atoms with van der Waals surface area (Å²) in [5.41, 5.74) is 11.6. The number of aryl methyl sites for hydroxylation is 1. The molecule has 210 valence electrons. The first-order valence-corrected chi connectivity index (χ1v) is 13.2. The molecule has 0 amide bonds. The zero-order valence-electron chi connectivity index (χ0n) is 22.6. The third kappa shape index (κ3) is 4.94. The number of nitrogens with two attached hydrogens (primary N) is 1. The molecular formula is C30H28F2N6O3. The molecule has 0 atom stereocenters. The van der Waals surface area contributed by atoms with Crippen molar-refractivity contribution in [1.29, 1.82) is 0 Å². The Labute approximate surface area is 234 Å². The number of aromatic nitrogens is 4. The number of nitrogen functional groups attached to an aromatic ring is 1. The lowest BCUT2D eigenvalue weighted by molar-refractivity contribution is 0.103. The number of pyridine rings is 1. The van der Waals surface area contributed by atoms with Gasteiger partial charge < -0.3 is 20.2 Å². The highest BCUT2D eigenvalue weighted by molar-refractivity contribution is 6.12. The zero-order chi connectivity index (χ0) is 28.7. The van der Waals surface area contributed by atoms with Crippen molar-refractivity contribution in [2.75, 3.05) is 32.5 Å². The number of fused-ring (bicyclic) bond motifs is 3. The van der Waals surface area contributed by atoms with Crippen LogP contribution in [0.3, 0.4) is 0 Å². The number of ketones is 1. The fraction of sp³-hybridized carbons (Fsp3) is 0.233. The standard InChI is InChI=1S/C30H28F2N6O3/c1-17-12-27(41-29-22(31)4-3-5-23(29)32)34-15-26(17)38-30(33)21(14-35-38)28(39)25-13-20-19-8-9-37(10-11-40-2)16-18(19)6-7-24(20)36-25/h3-7,12-15,36H,8-11,16,33H2,1-2H3. The molecule has 0 bridgehead atoms. The lowest BCUT2D eigenvalue weighted by atomic mass is 9.96. The second-order valence-electron chi connectivity index (χ2n) is 10.0. The molecule has 1 aliphatic rings. The molecule has 4 heterocycles. The van der Waals surface area contributed by atoms with Crippen molar-refractivity contribution in [2.24, 2.45) is 0 Å². The molecule has 0 saturated carbocycles. The minimum atomic E-state index is -0.838. The van der Waals surface area contributed by atoms with Crippen molar-refractivity contribution in [2.45, 2.75) is 19.9 Å². The number of para-hydroxylation sites is 1. The lowest BCUT2D eigenvalue weighted by Crippen LogP contribution is -2.33. The maximum Gasteiger partial charge on any atom is 0.219 e.